The van der Waals surface area contributed by atoms with Gasteiger partial charge in [-0.05, 0) is 50.3 Å². The Balaban J connectivity index is 1.84. The highest BCUT2D eigenvalue weighted by Crippen LogP contribution is 2.44. The summed E-state index contributed by atoms with van der Waals surface area (Å²) < 4.78 is 11.3. The van der Waals surface area contributed by atoms with E-state index in [1.54, 1.807) is 6.07 Å². The molecule has 28 heavy (non-hydrogen) atoms. The van der Waals surface area contributed by atoms with Crippen LogP contribution in [0.3, 0.4) is 0 Å². The molecule has 3 rings (SSSR count). The summed E-state index contributed by atoms with van der Waals surface area (Å²) in [5, 5.41) is 2.94. The van der Waals surface area contributed by atoms with E-state index >= 15 is 0 Å². The molecule has 0 spiro atoms. The number of ether oxygens (including phenoxy) is 2. The van der Waals surface area contributed by atoms with Crippen molar-refractivity contribution in [2.45, 2.75) is 58.6 Å². The molecule has 1 aliphatic carbocycles. The zero-order chi connectivity index (χ0) is 20.5. The molecule has 0 bridgehead atoms. The molecule has 1 saturated heterocycles. The van der Waals surface area contributed by atoms with Gasteiger partial charge in [-0.3, -0.25) is 9.59 Å². The number of nitrogens with one attached hydrogen (secondary N) is 1. The number of hydrogen-bond acceptors (Lipinski definition) is 4. The Kier molecular flexibility index (Phi) is 5.74. The summed E-state index contributed by atoms with van der Waals surface area (Å²) in [6.07, 6.45) is 2.32. The van der Waals surface area contributed by atoms with E-state index in [0.717, 1.165) is 24.2 Å². The second-order valence-electron chi connectivity index (χ2n) is 8.30. The fraction of sp³-hybridized carbons (Fsp3) is 0.571. The molecule has 1 saturated carbocycles. The van der Waals surface area contributed by atoms with Gasteiger partial charge >= 0.3 is 0 Å². The Morgan fingerprint density at radius 3 is 2.50 bits per heavy atom. The van der Waals surface area contributed by atoms with Gasteiger partial charge in [-0.2, -0.15) is 4.99 Å². The van der Waals surface area contributed by atoms with Crippen molar-refractivity contribution in [1.29, 1.82) is 0 Å². The summed E-state index contributed by atoms with van der Waals surface area (Å²) in [5.41, 5.74) is 7.29. The number of rotatable bonds is 7. The highest BCUT2D eigenvalue weighted by molar-refractivity contribution is 6.01. The largest absolute Gasteiger partial charge is 0.491 e. The highest BCUT2D eigenvalue weighted by Gasteiger charge is 2.44. The fourth-order valence-corrected chi connectivity index (χ4v) is 3.42. The van der Waals surface area contributed by atoms with Gasteiger partial charge in [0.05, 0.1) is 25.4 Å². The molecule has 0 aromatic heterocycles. The van der Waals surface area contributed by atoms with Crippen molar-refractivity contribution >= 4 is 17.6 Å². The molecule has 3 N–H and O–H groups in total. The molecule has 1 aromatic carbocycles. The van der Waals surface area contributed by atoms with E-state index in [2.05, 4.69) is 10.3 Å². The van der Waals surface area contributed by atoms with Gasteiger partial charge < -0.3 is 20.5 Å². The Morgan fingerprint density at radius 1 is 1.32 bits per heavy atom. The van der Waals surface area contributed by atoms with Crippen LogP contribution in [0.2, 0.25) is 0 Å². The van der Waals surface area contributed by atoms with Crippen LogP contribution < -0.4 is 15.8 Å². The van der Waals surface area contributed by atoms with E-state index in [1.165, 1.54) is 6.92 Å². The average molecular weight is 387 g/mol. The minimum absolute atomic E-state index is 0.0212. The number of nitrogens with two attached hydrogens (primary N) is 1. The van der Waals surface area contributed by atoms with Crippen LogP contribution in [0.15, 0.2) is 23.2 Å². The van der Waals surface area contributed by atoms with Crippen LogP contribution in [0.25, 0.3) is 0 Å². The molecule has 7 heteroatoms. The molecular formula is C21H29N3O4. The molecule has 1 aromatic rings. The molecular weight excluding hydrogens is 358 g/mol. The smallest absolute Gasteiger partial charge is 0.252 e. The number of amidine groups is 1. The van der Waals surface area contributed by atoms with Crippen LogP contribution in [0.1, 0.15) is 62.4 Å². The van der Waals surface area contributed by atoms with Gasteiger partial charge in [0.1, 0.15) is 11.6 Å². The lowest BCUT2D eigenvalue weighted by atomic mass is 9.79. The molecule has 1 unspecified atom stereocenters. The second kappa shape index (κ2) is 7.91. The van der Waals surface area contributed by atoms with Gasteiger partial charge in [0, 0.05) is 17.9 Å². The van der Waals surface area contributed by atoms with Gasteiger partial charge in [0.25, 0.3) is 5.91 Å². The average Bonchev–Trinajstić information content (AvgIpc) is 3.41. The minimum Gasteiger partial charge on any atom is -0.491 e. The van der Waals surface area contributed by atoms with E-state index in [0.29, 0.717) is 24.7 Å². The predicted molar refractivity (Wildman–Crippen MR) is 107 cm³/mol. The van der Waals surface area contributed by atoms with Gasteiger partial charge in [-0.25, -0.2) is 0 Å². The third kappa shape index (κ3) is 4.52. The second-order valence-corrected chi connectivity index (χ2v) is 8.30. The van der Waals surface area contributed by atoms with Crippen molar-refractivity contribution in [3.05, 3.63) is 29.3 Å². The van der Waals surface area contributed by atoms with Crippen LogP contribution in [-0.2, 0) is 9.53 Å². The predicted octanol–water partition coefficient (Wildman–Crippen LogP) is 2.39. The summed E-state index contributed by atoms with van der Waals surface area (Å²) in [4.78, 5) is 28.2. The first-order valence-corrected chi connectivity index (χ1v) is 9.73. The Morgan fingerprint density at radius 2 is 2.00 bits per heavy atom. The maximum absolute atomic E-state index is 13.0. The zero-order valence-electron chi connectivity index (χ0n) is 17.0. The summed E-state index contributed by atoms with van der Waals surface area (Å²) in [6.45, 7) is 8.10. The number of aliphatic imine (C=N–C) groups is 1. The van der Waals surface area contributed by atoms with Crippen molar-refractivity contribution < 1.29 is 19.1 Å². The maximum atomic E-state index is 13.0. The van der Waals surface area contributed by atoms with Gasteiger partial charge in [0.15, 0.2) is 0 Å². The molecule has 1 atom stereocenters. The zero-order valence-corrected chi connectivity index (χ0v) is 17.0. The normalized spacial score (nSPS) is 19.7. The number of hydrogen-bond donors (Lipinski definition) is 2. The molecule has 1 heterocycles. The van der Waals surface area contributed by atoms with Gasteiger partial charge in [-0.15, -0.1) is 0 Å². The van der Waals surface area contributed by atoms with E-state index in [4.69, 9.17) is 15.2 Å². The lowest BCUT2D eigenvalue weighted by Gasteiger charge is -2.44. The molecule has 7 nitrogen and oxygen atoms in total. The first kappa shape index (κ1) is 20.3. The number of amides is 2. The molecule has 2 aliphatic rings. The van der Waals surface area contributed by atoms with Crippen molar-refractivity contribution in [3.63, 3.8) is 0 Å². The third-order valence-corrected chi connectivity index (χ3v) is 5.07. The van der Waals surface area contributed by atoms with Crippen LogP contribution in [0.5, 0.6) is 5.75 Å². The van der Waals surface area contributed by atoms with Gasteiger partial charge in [-0.1, -0.05) is 13.0 Å². The number of carbonyl (C=O) groups excluding carboxylic acids is 2. The van der Waals surface area contributed by atoms with Crippen LogP contribution in [0, 0.1) is 5.41 Å². The SMILES string of the molecule is CC(=O)N=C(N)C(NC(=O)c1ccc(C2CC2)c(OC(C)C)c1)C1(C)COC1. The molecule has 2 fully saturated rings. The van der Waals surface area contributed by atoms with Crippen molar-refractivity contribution in [3.8, 4) is 5.75 Å². The maximum Gasteiger partial charge on any atom is 0.252 e. The fourth-order valence-electron chi connectivity index (χ4n) is 3.42. The van der Waals surface area contributed by atoms with Crippen molar-refractivity contribution in [2.24, 2.45) is 16.1 Å². The number of benzene rings is 1. The summed E-state index contributed by atoms with van der Waals surface area (Å²) >= 11 is 0. The van der Waals surface area contributed by atoms with E-state index in [-0.39, 0.29) is 17.8 Å². The quantitative estimate of drug-likeness (QED) is 0.552. The summed E-state index contributed by atoms with van der Waals surface area (Å²) in [7, 11) is 0. The van der Waals surface area contributed by atoms with E-state index < -0.39 is 17.4 Å². The first-order chi connectivity index (χ1) is 13.2. The Bertz CT molecular complexity index is 795. The Labute approximate surface area is 165 Å². The first-order valence-electron chi connectivity index (χ1n) is 9.73. The lowest BCUT2D eigenvalue weighted by molar-refractivity contribution is -0.116. The Hall–Kier alpha value is -2.41. The minimum atomic E-state index is -0.588. The molecule has 152 valence electrons. The number of nitrogens with zero attached hydrogens (tertiary/aromatic N) is 1. The van der Waals surface area contributed by atoms with Crippen molar-refractivity contribution in [2.75, 3.05) is 13.2 Å². The van der Waals surface area contributed by atoms with Crippen LogP contribution in [-0.4, -0.2) is 43.0 Å². The van der Waals surface area contributed by atoms with Crippen LogP contribution >= 0.6 is 0 Å². The summed E-state index contributed by atoms with van der Waals surface area (Å²) in [5.74, 6) is 0.686. The van der Waals surface area contributed by atoms with Gasteiger partial charge in [0.2, 0.25) is 5.91 Å². The molecule has 0 radical (unpaired) electrons. The van der Waals surface area contributed by atoms with E-state index in [1.807, 2.05) is 32.9 Å². The third-order valence-electron chi connectivity index (χ3n) is 5.07. The van der Waals surface area contributed by atoms with E-state index in [9.17, 15) is 9.59 Å². The number of carbonyl (C=O) groups is 2. The standard InChI is InChI=1S/C21H29N3O4/c1-12(2)28-17-9-15(7-8-16(17)14-5-6-14)20(26)24-18(19(22)23-13(3)25)21(4)10-27-11-21/h7-9,12,14,18H,5-6,10-11H2,1-4H3,(H,24,26)(H2,22,23,25). The summed E-state index contributed by atoms with van der Waals surface area (Å²) in [6, 6.07) is 4.99. The van der Waals surface area contributed by atoms with Crippen LogP contribution in [0.4, 0.5) is 0 Å². The molecule has 1 aliphatic heterocycles. The topological polar surface area (TPSA) is 103 Å². The molecule has 2 amide bonds. The monoisotopic (exact) mass is 387 g/mol. The van der Waals surface area contributed by atoms with Crippen molar-refractivity contribution in [1.82, 2.24) is 5.32 Å². The highest BCUT2D eigenvalue weighted by atomic mass is 16.5. The lowest BCUT2D eigenvalue weighted by Crippen LogP contribution is -2.61.